The third-order valence-corrected chi connectivity index (χ3v) is 5.05. The first-order valence-electron chi connectivity index (χ1n) is 7.51. The smallest absolute Gasteiger partial charge is 0.315 e. The maximum Gasteiger partial charge on any atom is 0.315 e. The molecular formula is C16H20F2O5S. The van der Waals surface area contributed by atoms with Crippen molar-refractivity contribution in [3.63, 3.8) is 0 Å². The molecular weight excluding hydrogens is 342 g/mol. The zero-order chi connectivity index (χ0) is 18.2. The van der Waals surface area contributed by atoms with Gasteiger partial charge in [-0.05, 0) is 32.9 Å². The Bertz CT molecular complexity index is 702. The lowest BCUT2D eigenvalue weighted by molar-refractivity contribution is -0.207. The lowest BCUT2D eigenvalue weighted by Gasteiger charge is -2.44. The van der Waals surface area contributed by atoms with Crippen molar-refractivity contribution < 1.29 is 30.9 Å². The number of halogens is 2. The zero-order valence-corrected chi connectivity index (χ0v) is 14.5. The summed E-state index contributed by atoms with van der Waals surface area (Å²) in [5, 5.41) is 0. The number of aryl methyl sites for hydroxylation is 1. The Labute approximate surface area is 140 Å². The molecule has 0 N–H and O–H groups in total. The van der Waals surface area contributed by atoms with E-state index in [9.17, 15) is 22.0 Å². The molecule has 8 heteroatoms. The maximum absolute atomic E-state index is 13.3. The van der Waals surface area contributed by atoms with Crippen LogP contribution in [-0.2, 0) is 23.8 Å². The predicted octanol–water partition coefficient (Wildman–Crippen LogP) is 3.07. The van der Waals surface area contributed by atoms with Crippen molar-refractivity contribution in [3.05, 3.63) is 29.8 Å². The van der Waals surface area contributed by atoms with Gasteiger partial charge in [-0.3, -0.25) is 8.98 Å². The van der Waals surface area contributed by atoms with Crippen LogP contribution in [0.1, 0.15) is 32.3 Å². The van der Waals surface area contributed by atoms with E-state index in [0.29, 0.717) is 0 Å². The van der Waals surface area contributed by atoms with Gasteiger partial charge in [-0.25, -0.2) is 8.78 Å². The van der Waals surface area contributed by atoms with Crippen LogP contribution in [0.2, 0.25) is 0 Å². The molecule has 1 saturated carbocycles. The maximum atomic E-state index is 13.3. The van der Waals surface area contributed by atoms with Gasteiger partial charge >= 0.3 is 5.97 Å². The molecule has 1 aromatic rings. The molecule has 0 aromatic heterocycles. The summed E-state index contributed by atoms with van der Waals surface area (Å²) in [5.74, 6) is -3.88. The lowest BCUT2D eigenvalue weighted by atomic mass is 9.66. The highest BCUT2D eigenvalue weighted by Gasteiger charge is 2.62. The van der Waals surface area contributed by atoms with Gasteiger partial charge in [-0.15, -0.1) is 0 Å². The predicted molar refractivity (Wildman–Crippen MR) is 82.2 cm³/mol. The minimum Gasteiger partial charge on any atom is -0.462 e. The first-order valence-corrected chi connectivity index (χ1v) is 8.92. The molecule has 0 heterocycles. The largest absolute Gasteiger partial charge is 0.462 e. The fourth-order valence-electron chi connectivity index (χ4n) is 2.55. The molecule has 0 atom stereocenters. The van der Waals surface area contributed by atoms with Crippen LogP contribution in [0.15, 0.2) is 29.2 Å². The van der Waals surface area contributed by atoms with E-state index >= 15 is 0 Å². The normalized spacial score (nSPS) is 18.9. The van der Waals surface area contributed by atoms with Gasteiger partial charge in [0.1, 0.15) is 5.41 Å². The molecule has 0 aliphatic heterocycles. The molecule has 2 rings (SSSR count). The third kappa shape index (κ3) is 4.10. The number of hydrogen-bond donors (Lipinski definition) is 0. The van der Waals surface area contributed by atoms with E-state index in [-0.39, 0.29) is 4.90 Å². The summed E-state index contributed by atoms with van der Waals surface area (Å²) in [5.41, 5.74) is -0.768. The van der Waals surface area contributed by atoms with Crippen LogP contribution in [0, 0.1) is 12.3 Å². The van der Waals surface area contributed by atoms with E-state index in [0.717, 1.165) is 5.56 Å². The van der Waals surface area contributed by atoms with Crippen LogP contribution in [0.3, 0.4) is 0 Å². The van der Waals surface area contributed by atoms with E-state index < -0.39 is 53.0 Å². The van der Waals surface area contributed by atoms with Crippen LogP contribution < -0.4 is 0 Å². The lowest BCUT2D eigenvalue weighted by Crippen LogP contribution is -2.55. The summed E-state index contributed by atoms with van der Waals surface area (Å²) in [6.07, 6.45) is -2.05. The molecule has 5 nitrogen and oxygen atoms in total. The van der Waals surface area contributed by atoms with Crippen LogP contribution in [0.25, 0.3) is 0 Å². The summed E-state index contributed by atoms with van der Waals surface area (Å²) in [4.78, 5) is 12.0. The van der Waals surface area contributed by atoms with Crippen LogP contribution in [0.4, 0.5) is 8.78 Å². The van der Waals surface area contributed by atoms with Gasteiger partial charge < -0.3 is 4.74 Å². The molecule has 0 saturated heterocycles. The second kappa shape index (κ2) is 6.40. The molecule has 0 radical (unpaired) electrons. The third-order valence-electron chi connectivity index (χ3n) is 3.77. The average Bonchev–Trinajstić information content (AvgIpc) is 2.42. The Morgan fingerprint density at radius 2 is 1.75 bits per heavy atom. The Kier molecular flexibility index (Phi) is 5.01. The highest BCUT2D eigenvalue weighted by Crippen LogP contribution is 2.53. The molecule has 1 aliphatic rings. The molecule has 134 valence electrons. The second-order valence-electron chi connectivity index (χ2n) is 6.47. The quantitative estimate of drug-likeness (QED) is 0.575. The number of carbonyl (C=O) groups is 1. The first kappa shape index (κ1) is 18.8. The molecule has 0 bridgehead atoms. The van der Waals surface area contributed by atoms with Gasteiger partial charge in [0.15, 0.2) is 0 Å². The molecule has 0 spiro atoms. The number of alkyl halides is 2. The summed E-state index contributed by atoms with van der Waals surface area (Å²) in [6.45, 7) is 4.31. The van der Waals surface area contributed by atoms with E-state index in [1.807, 2.05) is 0 Å². The number of carbonyl (C=O) groups excluding carboxylic acids is 1. The van der Waals surface area contributed by atoms with Gasteiger partial charge in [0.25, 0.3) is 16.0 Å². The number of ether oxygens (including phenoxy) is 1. The van der Waals surface area contributed by atoms with Crippen LogP contribution in [0.5, 0.6) is 0 Å². The topological polar surface area (TPSA) is 69.7 Å². The van der Waals surface area contributed by atoms with E-state index in [1.54, 1.807) is 32.9 Å². The zero-order valence-electron chi connectivity index (χ0n) is 13.7. The average molecular weight is 362 g/mol. The summed E-state index contributed by atoms with van der Waals surface area (Å²) >= 11 is 0. The monoisotopic (exact) mass is 362 g/mol. The van der Waals surface area contributed by atoms with E-state index in [1.165, 1.54) is 12.1 Å². The van der Waals surface area contributed by atoms with Crippen molar-refractivity contribution >= 4 is 16.1 Å². The second-order valence-corrected chi connectivity index (χ2v) is 8.09. The summed E-state index contributed by atoms with van der Waals surface area (Å²) in [6, 6.07) is 5.91. The van der Waals surface area contributed by atoms with Crippen molar-refractivity contribution in [3.8, 4) is 0 Å². The van der Waals surface area contributed by atoms with E-state index in [2.05, 4.69) is 0 Å². The SMILES string of the molecule is Cc1ccc(S(=O)(=O)OCC2(C(=O)OC(C)C)CC(F)(F)C2)cc1. The molecule has 0 unspecified atom stereocenters. The highest BCUT2D eigenvalue weighted by atomic mass is 32.2. The van der Waals surface area contributed by atoms with E-state index in [4.69, 9.17) is 8.92 Å². The Morgan fingerprint density at radius 1 is 1.21 bits per heavy atom. The molecule has 1 aliphatic carbocycles. The summed E-state index contributed by atoms with van der Waals surface area (Å²) < 4.78 is 60.8. The van der Waals surface area contributed by atoms with Gasteiger partial charge in [0, 0.05) is 12.8 Å². The standard InChI is InChI=1S/C16H20F2O5S/c1-11(2)23-14(19)15(8-16(17,18)9-15)10-22-24(20,21)13-6-4-12(3)5-7-13/h4-7,11H,8-10H2,1-3H3. The number of rotatable bonds is 6. The Hall–Kier alpha value is -1.54. The van der Waals surface area contributed by atoms with Gasteiger partial charge in [0.2, 0.25) is 0 Å². The van der Waals surface area contributed by atoms with Crippen molar-refractivity contribution in [2.45, 2.75) is 50.5 Å². The number of esters is 1. The fraction of sp³-hybridized carbons (Fsp3) is 0.562. The Morgan fingerprint density at radius 3 is 2.21 bits per heavy atom. The van der Waals surface area contributed by atoms with Crippen molar-refractivity contribution in [2.24, 2.45) is 5.41 Å². The highest BCUT2D eigenvalue weighted by molar-refractivity contribution is 7.86. The summed E-state index contributed by atoms with van der Waals surface area (Å²) in [7, 11) is -4.14. The molecule has 1 fully saturated rings. The molecule has 0 amide bonds. The van der Waals surface area contributed by atoms with Crippen LogP contribution in [-0.4, -0.2) is 33.0 Å². The first-order chi connectivity index (χ1) is 11.0. The fourth-order valence-corrected chi connectivity index (χ4v) is 3.53. The van der Waals surface area contributed by atoms with Gasteiger partial charge in [0.05, 0.1) is 17.6 Å². The minimum atomic E-state index is -4.14. The molecule has 24 heavy (non-hydrogen) atoms. The number of benzene rings is 1. The Balaban J connectivity index is 2.13. The van der Waals surface area contributed by atoms with Crippen LogP contribution >= 0.6 is 0 Å². The van der Waals surface area contributed by atoms with Crippen molar-refractivity contribution in [1.29, 1.82) is 0 Å². The van der Waals surface area contributed by atoms with Gasteiger partial charge in [-0.1, -0.05) is 17.7 Å². The number of hydrogen-bond acceptors (Lipinski definition) is 5. The minimum absolute atomic E-state index is 0.0911. The van der Waals surface area contributed by atoms with Gasteiger partial charge in [-0.2, -0.15) is 8.42 Å². The van der Waals surface area contributed by atoms with Crippen molar-refractivity contribution in [2.75, 3.05) is 6.61 Å². The molecule has 1 aromatic carbocycles. The van der Waals surface area contributed by atoms with Crippen molar-refractivity contribution in [1.82, 2.24) is 0 Å².